The normalized spacial score (nSPS) is 14.7. The average Bonchev–Trinajstić information content (AvgIpc) is 3.29. The third-order valence-electron chi connectivity index (χ3n) is 6.69. The van der Waals surface area contributed by atoms with Gasteiger partial charge in [-0.05, 0) is 75.3 Å². The SMILES string of the molecule is CC(C)Cc1cc(CC(=O)NCN2CCC(COc3ccccc3OC(C)C)CC2)nn1-c1ccccc1. The summed E-state index contributed by atoms with van der Waals surface area (Å²) in [7, 11) is 0. The van der Waals surface area contributed by atoms with Gasteiger partial charge in [-0.2, -0.15) is 5.10 Å². The summed E-state index contributed by atoms with van der Waals surface area (Å²) in [6, 6.07) is 20.1. The number of hydrogen-bond donors (Lipinski definition) is 1. The number of benzene rings is 2. The monoisotopic (exact) mass is 518 g/mol. The number of para-hydroxylation sites is 3. The van der Waals surface area contributed by atoms with E-state index in [-0.39, 0.29) is 18.4 Å². The molecule has 0 spiro atoms. The van der Waals surface area contributed by atoms with Gasteiger partial charge in [0.15, 0.2) is 11.5 Å². The lowest BCUT2D eigenvalue weighted by atomic mass is 9.98. The smallest absolute Gasteiger partial charge is 0.227 e. The highest BCUT2D eigenvalue weighted by molar-refractivity contribution is 5.78. The number of likely N-dealkylation sites (tertiary alicyclic amines) is 1. The predicted octanol–water partition coefficient (Wildman–Crippen LogP) is 5.27. The van der Waals surface area contributed by atoms with Gasteiger partial charge >= 0.3 is 0 Å². The molecule has 0 atom stereocenters. The number of hydrogen-bond acceptors (Lipinski definition) is 5. The zero-order valence-electron chi connectivity index (χ0n) is 23.2. The first kappa shape index (κ1) is 27.7. The minimum absolute atomic E-state index is 0.00558. The summed E-state index contributed by atoms with van der Waals surface area (Å²) in [6.07, 6.45) is 3.40. The number of ether oxygens (including phenoxy) is 2. The molecule has 1 aliphatic rings. The molecule has 1 fully saturated rings. The van der Waals surface area contributed by atoms with Crippen molar-refractivity contribution in [3.8, 4) is 17.2 Å². The fourth-order valence-electron chi connectivity index (χ4n) is 4.78. The molecule has 1 aromatic heterocycles. The van der Waals surface area contributed by atoms with E-state index in [0.29, 0.717) is 25.1 Å². The maximum Gasteiger partial charge on any atom is 0.227 e. The van der Waals surface area contributed by atoms with Gasteiger partial charge in [0, 0.05) is 18.8 Å². The lowest BCUT2D eigenvalue weighted by molar-refractivity contribution is -0.121. The molecule has 1 N–H and O–H groups in total. The molecule has 2 heterocycles. The second-order valence-corrected chi connectivity index (χ2v) is 10.9. The second kappa shape index (κ2) is 13.5. The van der Waals surface area contributed by atoms with Gasteiger partial charge in [0.25, 0.3) is 0 Å². The van der Waals surface area contributed by atoms with Crippen LogP contribution in [0.25, 0.3) is 5.69 Å². The Labute approximate surface area is 227 Å². The van der Waals surface area contributed by atoms with E-state index in [2.05, 4.69) is 30.1 Å². The van der Waals surface area contributed by atoms with Crippen LogP contribution < -0.4 is 14.8 Å². The third-order valence-corrected chi connectivity index (χ3v) is 6.69. The van der Waals surface area contributed by atoms with Gasteiger partial charge in [0.05, 0.1) is 37.2 Å². The molecule has 38 heavy (non-hydrogen) atoms. The van der Waals surface area contributed by atoms with Crippen molar-refractivity contribution in [1.29, 1.82) is 0 Å². The van der Waals surface area contributed by atoms with Crippen LogP contribution in [0.4, 0.5) is 0 Å². The van der Waals surface area contributed by atoms with Crippen LogP contribution >= 0.6 is 0 Å². The van der Waals surface area contributed by atoms with Crippen molar-refractivity contribution in [2.24, 2.45) is 11.8 Å². The molecule has 1 saturated heterocycles. The molecule has 7 heteroatoms. The van der Waals surface area contributed by atoms with Gasteiger partial charge in [0.1, 0.15) is 0 Å². The van der Waals surface area contributed by atoms with E-state index >= 15 is 0 Å². The predicted molar refractivity (Wildman–Crippen MR) is 151 cm³/mol. The Hall–Kier alpha value is -3.32. The van der Waals surface area contributed by atoms with Crippen LogP contribution in [-0.4, -0.2) is 53.1 Å². The van der Waals surface area contributed by atoms with Crippen molar-refractivity contribution < 1.29 is 14.3 Å². The number of carbonyl (C=O) groups is 1. The van der Waals surface area contributed by atoms with Gasteiger partial charge < -0.3 is 14.8 Å². The van der Waals surface area contributed by atoms with Crippen molar-refractivity contribution in [1.82, 2.24) is 20.0 Å². The molecule has 1 aliphatic heterocycles. The molecular formula is C31H42N4O3. The van der Waals surface area contributed by atoms with Crippen LogP contribution in [0.15, 0.2) is 60.7 Å². The molecule has 0 radical (unpaired) electrons. The molecular weight excluding hydrogens is 476 g/mol. The summed E-state index contributed by atoms with van der Waals surface area (Å²) >= 11 is 0. The zero-order chi connectivity index (χ0) is 26.9. The summed E-state index contributed by atoms with van der Waals surface area (Å²) in [5.74, 6) is 2.61. The molecule has 0 unspecified atom stereocenters. The second-order valence-electron chi connectivity index (χ2n) is 10.9. The minimum atomic E-state index is 0.00558. The van der Waals surface area contributed by atoms with Crippen LogP contribution in [0.5, 0.6) is 11.5 Å². The Morgan fingerprint density at radius 3 is 2.37 bits per heavy atom. The highest BCUT2D eigenvalue weighted by Gasteiger charge is 2.21. The minimum Gasteiger partial charge on any atom is -0.489 e. The van der Waals surface area contributed by atoms with E-state index in [9.17, 15) is 4.79 Å². The third kappa shape index (κ3) is 8.09. The summed E-state index contributed by atoms with van der Waals surface area (Å²) in [5, 5.41) is 7.86. The van der Waals surface area contributed by atoms with Crippen molar-refractivity contribution in [3.05, 3.63) is 72.1 Å². The molecule has 0 bridgehead atoms. The molecule has 0 aliphatic carbocycles. The zero-order valence-corrected chi connectivity index (χ0v) is 23.2. The highest BCUT2D eigenvalue weighted by atomic mass is 16.5. The first-order valence-electron chi connectivity index (χ1n) is 13.9. The quantitative estimate of drug-likeness (QED) is 0.354. The van der Waals surface area contributed by atoms with E-state index in [1.807, 2.05) is 73.1 Å². The van der Waals surface area contributed by atoms with Crippen LogP contribution in [0.1, 0.15) is 51.9 Å². The van der Waals surface area contributed by atoms with E-state index in [4.69, 9.17) is 14.6 Å². The molecule has 2 aromatic carbocycles. The van der Waals surface area contributed by atoms with E-state index in [0.717, 1.165) is 60.9 Å². The summed E-state index contributed by atoms with van der Waals surface area (Å²) in [5.41, 5.74) is 2.97. The van der Waals surface area contributed by atoms with Crippen LogP contribution in [0.2, 0.25) is 0 Å². The van der Waals surface area contributed by atoms with Crippen molar-refractivity contribution in [2.75, 3.05) is 26.4 Å². The van der Waals surface area contributed by atoms with Crippen LogP contribution in [0.3, 0.4) is 0 Å². The molecule has 204 valence electrons. The standard InChI is InChI=1S/C31H42N4O3/c1-23(2)18-28-19-26(33-35(28)27-10-6-5-7-11-27)20-31(36)32-22-34-16-14-25(15-17-34)21-37-29-12-8-9-13-30(29)38-24(3)4/h5-13,19,23-25H,14-18,20-22H2,1-4H3,(H,32,36). The number of aromatic nitrogens is 2. The largest absolute Gasteiger partial charge is 0.489 e. The van der Waals surface area contributed by atoms with Gasteiger partial charge in [-0.25, -0.2) is 4.68 Å². The average molecular weight is 519 g/mol. The fraction of sp³-hybridized carbons (Fsp3) is 0.484. The number of nitrogens with zero attached hydrogens (tertiary/aromatic N) is 3. The number of rotatable bonds is 12. The summed E-state index contributed by atoms with van der Waals surface area (Å²) < 4.78 is 14.0. The van der Waals surface area contributed by atoms with Crippen molar-refractivity contribution >= 4 is 5.91 Å². The fourth-order valence-corrected chi connectivity index (χ4v) is 4.78. The first-order chi connectivity index (χ1) is 18.4. The Bertz CT molecular complexity index is 1150. The maximum absolute atomic E-state index is 12.7. The number of nitrogens with one attached hydrogen (secondary N) is 1. The maximum atomic E-state index is 12.7. The highest BCUT2D eigenvalue weighted by Crippen LogP contribution is 2.29. The van der Waals surface area contributed by atoms with E-state index < -0.39 is 0 Å². The Balaban J connectivity index is 1.22. The molecule has 1 amide bonds. The molecule has 4 rings (SSSR count). The molecule has 7 nitrogen and oxygen atoms in total. The Morgan fingerprint density at radius 2 is 1.68 bits per heavy atom. The van der Waals surface area contributed by atoms with Crippen LogP contribution in [-0.2, 0) is 17.6 Å². The summed E-state index contributed by atoms with van der Waals surface area (Å²) in [4.78, 5) is 15.0. The Morgan fingerprint density at radius 1 is 1.00 bits per heavy atom. The Kier molecular flexibility index (Phi) is 9.82. The van der Waals surface area contributed by atoms with Crippen molar-refractivity contribution in [2.45, 2.75) is 59.5 Å². The topological polar surface area (TPSA) is 68.6 Å². The van der Waals surface area contributed by atoms with Crippen molar-refractivity contribution in [3.63, 3.8) is 0 Å². The summed E-state index contributed by atoms with van der Waals surface area (Å²) in [6.45, 7) is 11.6. The lowest BCUT2D eigenvalue weighted by Gasteiger charge is -2.31. The first-order valence-corrected chi connectivity index (χ1v) is 13.9. The number of carbonyl (C=O) groups excluding carboxylic acids is 1. The van der Waals surface area contributed by atoms with E-state index in [1.54, 1.807) is 0 Å². The lowest BCUT2D eigenvalue weighted by Crippen LogP contribution is -2.43. The van der Waals surface area contributed by atoms with Crippen LogP contribution in [0, 0.1) is 11.8 Å². The van der Waals surface area contributed by atoms with Gasteiger partial charge in [-0.3, -0.25) is 9.69 Å². The van der Waals surface area contributed by atoms with Gasteiger partial charge in [-0.1, -0.05) is 44.2 Å². The number of amides is 1. The molecule has 3 aromatic rings. The van der Waals surface area contributed by atoms with Gasteiger partial charge in [-0.15, -0.1) is 0 Å². The molecule has 0 saturated carbocycles. The number of piperidine rings is 1. The van der Waals surface area contributed by atoms with E-state index in [1.165, 1.54) is 0 Å². The van der Waals surface area contributed by atoms with Gasteiger partial charge in [0.2, 0.25) is 5.91 Å².